The molecular weight excluding hydrogens is 1330 g/mol. The van der Waals surface area contributed by atoms with Crippen molar-refractivity contribution < 1.29 is 80.2 Å². The van der Waals surface area contributed by atoms with Gasteiger partial charge in [-0.15, -0.1) is 0 Å². The smallest absolute Gasteiger partial charge is 0.462 e. The third-order valence-corrected chi connectivity index (χ3v) is 21.3. The van der Waals surface area contributed by atoms with Gasteiger partial charge in [-0.3, -0.25) is 37.3 Å². The number of phosphoric acid groups is 2. The van der Waals surface area contributed by atoms with Crippen LogP contribution in [0.25, 0.3) is 0 Å². The van der Waals surface area contributed by atoms with Crippen LogP contribution in [-0.4, -0.2) is 96.7 Å². The molecule has 3 N–H and O–H groups in total. The molecule has 19 heteroatoms. The number of aliphatic hydroxyl groups is 1. The summed E-state index contributed by atoms with van der Waals surface area (Å²) >= 11 is 0. The third kappa shape index (κ3) is 76.3. The van der Waals surface area contributed by atoms with E-state index in [4.69, 9.17) is 37.0 Å². The maximum Gasteiger partial charge on any atom is 0.472 e. The molecule has 0 aliphatic carbocycles. The Kier molecular flexibility index (Phi) is 71.8. The molecule has 0 saturated carbocycles. The number of hydrogen-bond donors (Lipinski definition) is 3. The highest BCUT2D eigenvalue weighted by molar-refractivity contribution is 7.47. The van der Waals surface area contributed by atoms with Gasteiger partial charge in [0.05, 0.1) is 26.4 Å². The molecule has 0 heterocycles. The first-order valence-corrected chi connectivity index (χ1v) is 45.8. The number of phosphoric ester groups is 2. The highest BCUT2D eigenvalue weighted by Gasteiger charge is 2.30. The van der Waals surface area contributed by atoms with E-state index in [2.05, 4.69) is 48.5 Å². The molecule has 0 spiro atoms. The van der Waals surface area contributed by atoms with Gasteiger partial charge in [-0.25, -0.2) is 9.13 Å². The standard InChI is InChI=1S/C83H162O17P2/c1-8-9-10-11-12-13-14-15-16-17-18-19-20-21-22-27-32-37-44-52-59-66-82(87)99-78(70-93-80(85)64-57-50-43-36-31-26-24-23-25-29-34-40-47-54-61-74(2)3)72-97-101(89,90)95-68-77(84)69-96-102(91,92)98-73-79(71-94-81(86)65-58-51-46-39-42-49-56-63-76(6)7)100-83(88)67-60-53-45-38-33-28-30-35-41-48-55-62-75(4)5/h74-79,84H,8-73H2,1-7H3,(H,89,90)(H,91,92)/t77-,78-,79-/m1/s1. The molecule has 0 radical (unpaired) electrons. The monoisotopic (exact) mass is 1490 g/mol. The largest absolute Gasteiger partial charge is 0.472 e. The van der Waals surface area contributed by atoms with E-state index in [0.29, 0.717) is 31.6 Å². The van der Waals surface area contributed by atoms with Gasteiger partial charge in [-0.2, -0.15) is 0 Å². The normalized spacial score (nSPS) is 13.9. The Morgan fingerprint density at radius 1 is 0.265 bits per heavy atom. The van der Waals surface area contributed by atoms with Crippen LogP contribution in [-0.2, 0) is 65.4 Å². The van der Waals surface area contributed by atoms with E-state index >= 15 is 0 Å². The fraction of sp³-hybridized carbons (Fsp3) is 0.952. The highest BCUT2D eigenvalue weighted by Crippen LogP contribution is 2.45. The van der Waals surface area contributed by atoms with Crippen molar-refractivity contribution >= 4 is 39.5 Å². The van der Waals surface area contributed by atoms with Crippen LogP contribution in [0.3, 0.4) is 0 Å². The number of rotatable bonds is 81. The molecule has 102 heavy (non-hydrogen) atoms. The number of carbonyl (C=O) groups excluding carboxylic acids is 4. The average molecular weight is 1490 g/mol. The van der Waals surface area contributed by atoms with Crippen molar-refractivity contribution in [1.82, 2.24) is 0 Å². The summed E-state index contributed by atoms with van der Waals surface area (Å²) < 4.78 is 68.8. The van der Waals surface area contributed by atoms with Crippen molar-refractivity contribution in [1.29, 1.82) is 0 Å². The SMILES string of the molecule is CCCCCCCCCCCCCCCCCCCCCCCC(=O)O[C@H](COC(=O)CCCCCCCCCCCCCCCCC(C)C)COP(=O)(O)OC[C@@H](O)COP(=O)(O)OC[C@@H](COC(=O)CCCCCCCCCC(C)C)OC(=O)CCCCCCCCCCCCCC(C)C. The van der Waals surface area contributed by atoms with Gasteiger partial charge in [0.15, 0.2) is 12.2 Å². The molecule has 0 aromatic rings. The Hall–Kier alpha value is -1.94. The Morgan fingerprint density at radius 3 is 0.667 bits per heavy atom. The predicted molar refractivity (Wildman–Crippen MR) is 418 cm³/mol. The van der Waals surface area contributed by atoms with Crippen LogP contribution in [0.2, 0.25) is 0 Å². The first kappa shape index (κ1) is 100. The minimum atomic E-state index is -4.96. The lowest BCUT2D eigenvalue weighted by Crippen LogP contribution is -2.30. The molecular formula is C83H162O17P2. The average Bonchev–Trinajstić information content (AvgIpc) is 0.922. The number of unbranched alkanes of at least 4 members (excludes halogenated alkanes) is 49. The first-order chi connectivity index (χ1) is 49.2. The van der Waals surface area contributed by atoms with Gasteiger partial charge in [0.1, 0.15) is 19.3 Å². The van der Waals surface area contributed by atoms with Crippen LogP contribution in [0.5, 0.6) is 0 Å². The molecule has 2 unspecified atom stereocenters. The Morgan fingerprint density at radius 2 is 0.451 bits per heavy atom. The molecule has 0 aliphatic heterocycles. The minimum Gasteiger partial charge on any atom is -0.462 e. The van der Waals surface area contributed by atoms with Crippen molar-refractivity contribution in [2.45, 2.75) is 452 Å². The highest BCUT2D eigenvalue weighted by atomic mass is 31.2. The van der Waals surface area contributed by atoms with Gasteiger partial charge in [-0.1, -0.05) is 382 Å². The lowest BCUT2D eigenvalue weighted by atomic mass is 10.0. The van der Waals surface area contributed by atoms with Gasteiger partial charge >= 0.3 is 39.5 Å². The van der Waals surface area contributed by atoms with Crippen LogP contribution in [0.15, 0.2) is 0 Å². The third-order valence-electron chi connectivity index (χ3n) is 19.4. The summed E-state index contributed by atoms with van der Waals surface area (Å²) in [6.07, 6.45) is 62.6. The summed E-state index contributed by atoms with van der Waals surface area (Å²) in [6, 6.07) is 0. The van der Waals surface area contributed by atoms with Crippen molar-refractivity contribution in [3.05, 3.63) is 0 Å². The molecule has 0 bridgehead atoms. The number of ether oxygens (including phenoxy) is 4. The zero-order valence-electron chi connectivity index (χ0n) is 67.1. The van der Waals surface area contributed by atoms with Crippen molar-refractivity contribution in [2.24, 2.45) is 17.8 Å². The summed E-state index contributed by atoms with van der Waals surface area (Å²) in [5.41, 5.74) is 0. The molecule has 0 rings (SSSR count). The summed E-state index contributed by atoms with van der Waals surface area (Å²) in [4.78, 5) is 73.1. The lowest BCUT2D eigenvalue weighted by molar-refractivity contribution is -0.161. The maximum atomic E-state index is 13.1. The van der Waals surface area contributed by atoms with Gasteiger partial charge in [-0.05, 0) is 43.4 Å². The summed E-state index contributed by atoms with van der Waals surface area (Å²) in [5.74, 6) is 0.159. The van der Waals surface area contributed by atoms with Gasteiger partial charge < -0.3 is 33.8 Å². The second-order valence-corrected chi connectivity index (χ2v) is 34.2. The Labute approximate surface area is 626 Å². The molecule has 0 aromatic carbocycles. The van der Waals surface area contributed by atoms with E-state index in [9.17, 15) is 43.2 Å². The molecule has 5 atom stereocenters. The van der Waals surface area contributed by atoms with E-state index in [0.717, 1.165) is 108 Å². The first-order valence-electron chi connectivity index (χ1n) is 42.8. The van der Waals surface area contributed by atoms with E-state index < -0.39 is 97.5 Å². The second-order valence-electron chi connectivity index (χ2n) is 31.3. The maximum absolute atomic E-state index is 13.1. The van der Waals surface area contributed by atoms with Crippen molar-refractivity contribution in [2.75, 3.05) is 39.6 Å². The predicted octanol–water partition coefficient (Wildman–Crippen LogP) is 24.9. The topological polar surface area (TPSA) is 237 Å². The summed E-state index contributed by atoms with van der Waals surface area (Å²) in [7, 11) is -9.92. The number of esters is 4. The molecule has 17 nitrogen and oxygen atoms in total. The van der Waals surface area contributed by atoms with E-state index in [1.54, 1.807) is 0 Å². The Bertz CT molecular complexity index is 1970. The van der Waals surface area contributed by atoms with E-state index in [-0.39, 0.29) is 25.7 Å². The molecule has 0 aliphatic rings. The zero-order chi connectivity index (χ0) is 75.1. The quantitative estimate of drug-likeness (QED) is 0.0222. The Balaban J connectivity index is 5.23. The molecule has 0 amide bonds. The van der Waals surface area contributed by atoms with Gasteiger partial charge in [0.25, 0.3) is 0 Å². The van der Waals surface area contributed by atoms with Crippen LogP contribution in [0.1, 0.15) is 434 Å². The zero-order valence-corrected chi connectivity index (χ0v) is 68.9. The second kappa shape index (κ2) is 73.2. The number of aliphatic hydroxyl groups excluding tert-OH is 1. The van der Waals surface area contributed by atoms with Gasteiger partial charge in [0, 0.05) is 25.7 Å². The van der Waals surface area contributed by atoms with Crippen LogP contribution < -0.4 is 0 Å². The minimum absolute atomic E-state index is 0.106. The summed E-state index contributed by atoms with van der Waals surface area (Å²) in [5, 5.41) is 10.7. The fourth-order valence-corrected chi connectivity index (χ4v) is 14.4. The number of carbonyl (C=O) groups is 4. The van der Waals surface area contributed by atoms with E-state index in [1.165, 1.54) is 238 Å². The van der Waals surface area contributed by atoms with E-state index in [1.807, 2.05) is 0 Å². The van der Waals surface area contributed by atoms with Gasteiger partial charge in [0.2, 0.25) is 0 Å². The molecule has 0 aromatic heterocycles. The van der Waals surface area contributed by atoms with Crippen LogP contribution in [0.4, 0.5) is 0 Å². The van der Waals surface area contributed by atoms with Crippen molar-refractivity contribution in [3.8, 4) is 0 Å². The lowest BCUT2D eigenvalue weighted by Gasteiger charge is -2.21. The molecule has 0 saturated heterocycles. The summed E-state index contributed by atoms with van der Waals surface area (Å²) in [6.45, 7) is 11.9. The molecule has 0 fully saturated rings. The van der Waals surface area contributed by atoms with Crippen molar-refractivity contribution in [3.63, 3.8) is 0 Å². The van der Waals surface area contributed by atoms with Crippen LogP contribution >= 0.6 is 15.6 Å². The van der Waals surface area contributed by atoms with Crippen LogP contribution in [0, 0.1) is 17.8 Å². The molecule has 606 valence electrons. The number of hydrogen-bond acceptors (Lipinski definition) is 15. The fourth-order valence-electron chi connectivity index (χ4n) is 12.8.